The molecule has 180 valence electrons. The van der Waals surface area contributed by atoms with Gasteiger partial charge >= 0.3 is 0 Å². The van der Waals surface area contributed by atoms with Crippen molar-refractivity contribution in [2.24, 2.45) is 11.3 Å². The average Bonchev–Trinajstić information content (AvgIpc) is 3.07. The van der Waals surface area contributed by atoms with Crippen molar-refractivity contribution in [1.82, 2.24) is 10.2 Å². The highest BCUT2D eigenvalue weighted by Gasteiger charge is 2.77. The first kappa shape index (κ1) is 20.8. The van der Waals surface area contributed by atoms with Gasteiger partial charge in [0, 0.05) is 6.54 Å². The summed E-state index contributed by atoms with van der Waals surface area (Å²) in [5.74, 6) is 1.60. The highest BCUT2D eigenvalue weighted by atomic mass is 16.5. The lowest BCUT2D eigenvalue weighted by Gasteiger charge is -2.63. The van der Waals surface area contributed by atoms with Gasteiger partial charge in [0.15, 0.2) is 11.5 Å². The second-order valence-electron chi connectivity index (χ2n) is 12.5. The molecular formula is C27H33N3O4. The maximum absolute atomic E-state index is 14.0. The Kier molecular flexibility index (Phi) is 3.66. The largest absolute Gasteiger partial charge is 0.480 e. The Bertz CT molecular complexity index is 1190. The smallest absolute Gasteiger partial charge is 0.241 e. The van der Waals surface area contributed by atoms with Gasteiger partial charge in [-0.15, -0.1) is 0 Å². The molecule has 2 bridgehead atoms. The molecule has 34 heavy (non-hydrogen) atoms. The second kappa shape index (κ2) is 5.99. The molecule has 1 aromatic carbocycles. The number of benzene rings is 1. The number of carbonyl (C=O) groups is 2. The Hall–Kier alpha value is -2.54. The van der Waals surface area contributed by atoms with Crippen LogP contribution in [-0.4, -0.2) is 46.5 Å². The molecule has 2 amide bonds. The molecule has 6 aliphatic heterocycles. The number of carbonyl (C=O) groups excluding carboxylic acids is 2. The van der Waals surface area contributed by atoms with Crippen LogP contribution in [0.15, 0.2) is 24.5 Å². The van der Waals surface area contributed by atoms with E-state index in [1.807, 2.05) is 32.1 Å². The minimum Gasteiger partial charge on any atom is -0.480 e. The van der Waals surface area contributed by atoms with E-state index in [0.717, 1.165) is 44.3 Å². The molecular weight excluding hydrogens is 430 g/mol. The van der Waals surface area contributed by atoms with Gasteiger partial charge in [-0.25, -0.2) is 0 Å². The van der Waals surface area contributed by atoms with Gasteiger partial charge in [0.25, 0.3) is 0 Å². The topological polar surface area (TPSA) is 79.9 Å². The molecule has 1 aromatic rings. The third-order valence-electron chi connectivity index (χ3n) is 10.1. The van der Waals surface area contributed by atoms with Crippen molar-refractivity contribution in [2.75, 3.05) is 18.4 Å². The van der Waals surface area contributed by atoms with E-state index >= 15 is 0 Å². The molecule has 3 spiro atoms. The summed E-state index contributed by atoms with van der Waals surface area (Å²) in [6, 6.07) is 3.99. The number of nitrogens with one attached hydrogen (secondary N) is 2. The molecule has 8 rings (SSSR count). The lowest BCUT2D eigenvalue weighted by atomic mass is 9.56. The number of rotatable bonds is 0. The molecule has 0 radical (unpaired) electrons. The summed E-state index contributed by atoms with van der Waals surface area (Å²) in [6.07, 6.45) is 8.11. The van der Waals surface area contributed by atoms with Gasteiger partial charge in [-0.05, 0) is 81.5 Å². The number of fused-ring (bicyclic) bond motifs is 5. The van der Waals surface area contributed by atoms with Crippen LogP contribution in [0.1, 0.15) is 65.4 Å². The first-order valence-corrected chi connectivity index (χ1v) is 12.6. The first-order chi connectivity index (χ1) is 16.0. The van der Waals surface area contributed by atoms with E-state index in [1.165, 1.54) is 0 Å². The summed E-state index contributed by atoms with van der Waals surface area (Å²) < 4.78 is 12.2. The summed E-state index contributed by atoms with van der Waals surface area (Å²) in [6.45, 7) is 10.2. The van der Waals surface area contributed by atoms with E-state index in [0.29, 0.717) is 23.6 Å². The van der Waals surface area contributed by atoms with Crippen molar-refractivity contribution in [3.05, 3.63) is 30.0 Å². The van der Waals surface area contributed by atoms with Crippen LogP contribution in [0.3, 0.4) is 0 Å². The zero-order valence-electron chi connectivity index (χ0n) is 20.4. The van der Waals surface area contributed by atoms with E-state index in [9.17, 15) is 9.59 Å². The number of piperidine rings is 3. The SMILES string of the molecule is CC1(C)C=COc2c(ccc3c2NC(=O)C32CC34CN5CCCCC5(CC3C2(C)C)C(=O)N4)O1. The molecule has 1 aliphatic carbocycles. The van der Waals surface area contributed by atoms with E-state index in [-0.39, 0.29) is 23.1 Å². The van der Waals surface area contributed by atoms with Crippen molar-refractivity contribution < 1.29 is 19.1 Å². The molecule has 0 aromatic heterocycles. The van der Waals surface area contributed by atoms with Crippen LogP contribution in [0, 0.1) is 11.3 Å². The standard InChI is InChI=1S/C27H33N3O4/c1-23(2)10-12-33-20-17(34-23)8-7-16-19(20)28-22(32)27(16)14-25-15-30-11-6-5-9-26(30,21(31)29-25)13-18(25)24(27,3)4/h7-8,10,12,18H,5-6,9,11,13-15H2,1-4H3,(H,28,32)(H,29,31). The monoisotopic (exact) mass is 463 g/mol. The summed E-state index contributed by atoms with van der Waals surface area (Å²) in [7, 11) is 0. The van der Waals surface area contributed by atoms with Gasteiger partial charge in [0.1, 0.15) is 11.1 Å². The summed E-state index contributed by atoms with van der Waals surface area (Å²) in [5, 5.41) is 6.70. The van der Waals surface area contributed by atoms with E-state index in [4.69, 9.17) is 9.47 Å². The van der Waals surface area contributed by atoms with Crippen LogP contribution in [0.4, 0.5) is 5.69 Å². The fraction of sp³-hybridized carbons (Fsp3) is 0.630. The van der Waals surface area contributed by atoms with Crippen molar-refractivity contribution >= 4 is 17.5 Å². The Labute approximate surface area is 200 Å². The van der Waals surface area contributed by atoms with E-state index < -0.39 is 22.1 Å². The van der Waals surface area contributed by atoms with Crippen molar-refractivity contribution in [1.29, 1.82) is 0 Å². The quantitative estimate of drug-likeness (QED) is 0.616. The maximum Gasteiger partial charge on any atom is 0.241 e. The Morgan fingerprint density at radius 1 is 1.09 bits per heavy atom. The van der Waals surface area contributed by atoms with Gasteiger partial charge in [0.2, 0.25) is 11.8 Å². The maximum atomic E-state index is 14.0. The fourth-order valence-corrected chi connectivity index (χ4v) is 8.51. The van der Waals surface area contributed by atoms with Crippen LogP contribution in [0.5, 0.6) is 11.5 Å². The van der Waals surface area contributed by atoms with E-state index in [1.54, 1.807) is 6.26 Å². The lowest BCUT2D eigenvalue weighted by Crippen LogP contribution is -2.80. The number of anilines is 1. The van der Waals surface area contributed by atoms with Crippen LogP contribution in [-0.2, 0) is 15.0 Å². The number of ether oxygens (including phenoxy) is 2. The van der Waals surface area contributed by atoms with Gasteiger partial charge in [-0.2, -0.15) is 0 Å². The van der Waals surface area contributed by atoms with Crippen LogP contribution in [0.2, 0.25) is 0 Å². The molecule has 5 fully saturated rings. The summed E-state index contributed by atoms with van der Waals surface area (Å²) >= 11 is 0. The Morgan fingerprint density at radius 3 is 2.74 bits per heavy atom. The molecule has 6 heterocycles. The minimum absolute atomic E-state index is 0.00827. The normalized spacial score (nSPS) is 40.3. The molecule has 4 atom stereocenters. The molecule has 2 N–H and O–H groups in total. The summed E-state index contributed by atoms with van der Waals surface area (Å²) in [5.41, 5.74) is -0.726. The molecule has 7 nitrogen and oxygen atoms in total. The number of hydrogen-bond acceptors (Lipinski definition) is 5. The number of amides is 2. The van der Waals surface area contributed by atoms with Crippen LogP contribution < -0.4 is 20.1 Å². The number of nitrogens with zero attached hydrogens (tertiary/aromatic N) is 1. The van der Waals surface area contributed by atoms with Crippen molar-refractivity contribution in [3.8, 4) is 11.5 Å². The predicted molar refractivity (Wildman–Crippen MR) is 127 cm³/mol. The zero-order valence-corrected chi connectivity index (χ0v) is 20.4. The number of hydrogen-bond donors (Lipinski definition) is 2. The Morgan fingerprint density at radius 2 is 1.91 bits per heavy atom. The predicted octanol–water partition coefficient (Wildman–Crippen LogP) is 3.48. The zero-order chi connectivity index (χ0) is 23.7. The van der Waals surface area contributed by atoms with Crippen molar-refractivity contribution in [3.63, 3.8) is 0 Å². The molecule has 7 heteroatoms. The molecule has 1 saturated carbocycles. The third kappa shape index (κ3) is 2.19. The van der Waals surface area contributed by atoms with Gasteiger partial charge in [0.05, 0.1) is 22.9 Å². The first-order valence-electron chi connectivity index (χ1n) is 12.6. The Balaban J connectivity index is 1.39. The number of piperazine rings is 1. The highest BCUT2D eigenvalue weighted by Crippen LogP contribution is 2.70. The van der Waals surface area contributed by atoms with Gasteiger partial charge in [-0.3, -0.25) is 14.5 Å². The lowest BCUT2D eigenvalue weighted by molar-refractivity contribution is -0.167. The minimum atomic E-state index is -0.746. The average molecular weight is 464 g/mol. The third-order valence-corrected chi connectivity index (χ3v) is 10.1. The molecule has 4 saturated heterocycles. The highest BCUT2D eigenvalue weighted by molar-refractivity contribution is 6.09. The van der Waals surface area contributed by atoms with E-state index in [2.05, 4.69) is 29.4 Å². The molecule has 7 aliphatic rings. The van der Waals surface area contributed by atoms with Gasteiger partial charge in [-0.1, -0.05) is 19.9 Å². The van der Waals surface area contributed by atoms with Crippen molar-refractivity contribution in [2.45, 2.75) is 81.9 Å². The molecule has 4 unspecified atom stereocenters. The van der Waals surface area contributed by atoms with Crippen LogP contribution >= 0.6 is 0 Å². The van der Waals surface area contributed by atoms with Gasteiger partial charge < -0.3 is 20.1 Å². The second-order valence-corrected chi connectivity index (χ2v) is 12.5. The summed E-state index contributed by atoms with van der Waals surface area (Å²) in [4.78, 5) is 30.0. The van der Waals surface area contributed by atoms with Crippen LogP contribution in [0.25, 0.3) is 0 Å². The fourth-order valence-electron chi connectivity index (χ4n) is 8.51.